The molecule has 0 N–H and O–H groups in total. The first-order valence-corrected chi connectivity index (χ1v) is 5.04. The molecule has 0 aliphatic heterocycles. The fourth-order valence-electron chi connectivity index (χ4n) is 1.12. The average Bonchev–Trinajstić information content (AvgIpc) is 2.24. The number of hydrazine groups is 1. The summed E-state index contributed by atoms with van der Waals surface area (Å²) in [7, 11) is 0. The second kappa shape index (κ2) is 4.82. The quantitative estimate of drug-likeness (QED) is 0.595. The van der Waals surface area contributed by atoms with E-state index in [0.29, 0.717) is 5.17 Å². The van der Waals surface area contributed by atoms with Crippen LogP contribution in [0, 0.1) is 10.1 Å². The molecule has 0 aromatic heterocycles. The van der Waals surface area contributed by atoms with Crippen LogP contribution >= 0.6 is 0 Å². The first-order chi connectivity index (χ1) is 7.82. The lowest BCUT2D eigenvalue weighted by molar-refractivity contribution is -0.740. The van der Waals surface area contributed by atoms with E-state index >= 15 is 0 Å². The van der Waals surface area contributed by atoms with Crippen molar-refractivity contribution in [2.24, 2.45) is 0 Å². The minimum atomic E-state index is -0.909. The van der Waals surface area contributed by atoms with Gasteiger partial charge in [0.1, 0.15) is 5.54 Å². The Morgan fingerprint density at radius 3 is 2.24 bits per heavy atom. The smallest absolute Gasteiger partial charge is 0.283 e. The molecule has 0 atom stereocenters. The summed E-state index contributed by atoms with van der Waals surface area (Å²) in [5.74, 6) is -0.753. The van der Waals surface area contributed by atoms with Gasteiger partial charge in [0.2, 0.25) is 0 Å². The monoisotopic (exact) mass is 238 g/mol. The van der Waals surface area contributed by atoms with Crippen molar-refractivity contribution in [3.63, 3.8) is 0 Å². The molecule has 6 nitrogen and oxygen atoms in total. The first kappa shape index (κ1) is 13.0. The van der Waals surface area contributed by atoms with Gasteiger partial charge in [-0.1, -0.05) is 18.2 Å². The summed E-state index contributed by atoms with van der Waals surface area (Å²) in [5.41, 5.74) is -0.642. The van der Waals surface area contributed by atoms with E-state index in [4.69, 9.17) is 4.84 Å². The highest BCUT2D eigenvalue weighted by Crippen LogP contribution is 2.15. The van der Waals surface area contributed by atoms with E-state index < -0.39 is 16.5 Å². The first-order valence-electron chi connectivity index (χ1n) is 5.04. The van der Waals surface area contributed by atoms with Crippen molar-refractivity contribution in [3.8, 4) is 0 Å². The molecule has 0 spiro atoms. The minimum Gasteiger partial charge on any atom is -0.283 e. The second-order valence-corrected chi connectivity index (χ2v) is 4.43. The van der Waals surface area contributed by atoms with E-state index in [-0.39, 0.29) is 5.56 Å². The largest absolute Gasteiger partial charge is 0.369 e. The summed E-state index contributed by atoms with van der Waals surface area (Å²) in [4.78, 5) is 27.2. The Labute approximate surface area is 98.9 Å². The van der Waals surface area contributed by atoms with Gasteiger partial charge >= 0.3 is 5.97 Å². The molecule has 6 heteroatoms. The van der Waals surface area contributed by atoms with Gasteiger partial charge in [0.05, 0.1) is 10.7 Å². The number of nitrogens with zero attached hydrogens (tertiary/aromatic N) is 2. The number of carbonyl (C=O) groups excluding carboxylic acids is 1. The van der Waals surface area contributed by atoms with Crippen molar-refractivity contribution < 1.29 is 14.7 Å². The van der Waals surface area contributed by atoms with E-state index in [1.807, 2.05) is 0 Å². The highest BCUT2D eigenvalue weighted by molar-refractivity contribution is 5.89. The fraction of sp³-hybridized carbons (Fsp3) is 0.364. The van der Waals surface area contributed by atoms with Gasteiger partial charge in [-0.25, -0.2) is 14.9 Å². The SMILES string of the molecule is CC(C)(C)N(OC(=O)c1ccccc1)[N+](=O)[O-]. The lowest BCUT2D eigenvalue weighted by Gasteiger charge is -2.24. The van der Waals surface area contributed by atoms with Crippen LogP contribution in [0.15, 0.2) is 30.3 Å². The fourth-order valence-corrected chi connectivity index (χ4v) is 1.12. The highest BCUT2D eigenvalue weighted by atomic mass is 16.9. The summed E-state index contributed by atoms with van der Waals surface area (Å²) < 4.78 is 0. The third-order valence-electron chi connectivity index (χ3n) is 1.90. The number of hydroxylamine groups is 1. The third kappa shape index (κ3) is 3.44. The number of nitro groups is 1. The average molecular weight is 238 g/mol. The molecule has 1 rings (SSSR count). The molecular weight excluding hydrogens is 224 g/mol. The lowest BCUT2D eigenvalue weighted by atomic mass is 10.1. The summed E-state index contributed by atoms with van der Waals surface area (Å²) >= 11 is 0. The minimum absolute atomic E-state index is 0.267. The lowest BCUT2D eigenvalue weighted by Crippen LogP contribution is -2.46. The van der Waals surface area contributed by atoms with Crippen LogP contribution in [0.4, 0.5) is 0 Å². The molecule has 0 heterocycles. The highest BCUT2D eigenvalue weighted by Gasteiger charge is 2.35. The Balaban J connectivity index is 2.83. The predicted molar refractivity (Wildman–Crippen MR) is 60.4 cm³/mol. The summed E-state index contributed by atoms with van der Waals surface area (Å²) in [6, 6.07) is 8.12. The molecular formula is C11H14N2O4. The number of carbonyl (C=O) groups is 1. The van der Waals surface area contributed by atoms with Gasteiger partial charge in [-0.15, -0.1) is 0 Å². The van der Waals surface area contributed by atoms with Gasteiger partial charge < -0.3 is 0 Å². The van der Waals surface area contributed by atoms with E-state index in [1.54, 1.807) is 39.0 Å². The molecule has 0 aliphatic carbocycles. The van der Waals surface area contributed by atoms with E-state index in [1.165, 1.54) is 12.1 Å². The summed E-state index contributed by atoms with van der Waals surface area (Å²) in [6.07, 6.45) is 0. The van der Waals surface area contributed by atoms with Crippen LogP contribution in [-0.4, -0.2) is 21.7 Å². The molecule has 0 amide bonds. The van der Waals surface area contributed by atoms with Crippen LogP contribution in [-0.2, 0) is 4.84 Å². The molecule has 0 saturated carbocycles. The normalized spacial score (nSPS) is 10.8. The Kier molecular flexibility index (Phi) is 3.67. The van der Waals surface area contributed by atoms with E-state index in [0.717, 1.165) is 0 Å². The molecule has 1 aromatic rings. The van der Waals surface area contributed by atoms with Crippen LogP contribution in [0.3, 0.4) is 0 Å². The second-order valence-electron chi connectivity index (χ2n) is 4.43. The Hall–Kier alpha value is -2.11. The standard InChI is InChI=1S/C11H14N2O4/c1-11(2,3)12(13(15)16)17-10(14)9-7-5-4-6-8-9/h4-8H,1-3H3. The molecule has 17 heavy (non-hydrogen) atoms. The van der Waals surface area contributed by atoms with Gasteiger partial charge in [-0.3, -0.25) is 4.84 Å². The van der Waals surface area contributed by atoms with E-state index in [9.17, 15) is 14.9 Å². The molecule has 0 aliphatic rings. The van der Waals surface area contributed by atoms with Gasteiger partial charge in [-0.2, -0.15) is 0 Å². The van der Waals surface area contributed by atoms with Gasteiger partial charge in [0, 0.05) is 0 Å². The summed E-state index contributed by atoms with van der Waals surface area (Å²) in [6.45, 7) is 4.73. The number of benzene rings is 1. The number of hydrogen-bond donors (Lipinski definition) is 0. The predicted octanol–water partition coefficient (Wildman–Crippen LogP) is 2.05. The van der Waals surface area contributed by atoms with Crippen LogP contribution in [0.1, 0.15) is 31.1 Å². The molecule has 0 saturated heterocycles. The topological polar surface area (TPSA) is 72.7 Å². The molecule has 1 aromatic carbocycles. The number of hydrogen-bond acceptors (Lipinski definition) is 4. The maximum Gasteiger partial charge on any atom is 0.369 e. The zero-order valence-corrected chi connectivity index (χ0v) is 9.91. The van der Waals surface area contributed by atoms with Gasteiger partial charge in [0.15, 0.2) is 5.03 Å². The third-order valence-corrected chi connectivity index (χ3v) is 1.90. The van der Waals surface area contributed by atoms with Crippen LogP contribution in [0.25, 0.3) is 0 Å². The van der Waals surface area contributed by atoms with Crippen molar-refractivity contribution in [2.45, 2.75) is 26.3 Å². The van der Waals surface area contributed by atoms with Crippen LogP contribution in [0.2, 0.25) is 0 Å². The summed E-state index contributed by atoms with van der Waals surface area (Å²) in [5, 5.41) is 10.5. The van der Waals surface area contributed by atoms with Gasteiger partial charge in [-0.05, 0) is 32.9 Å². The van der Waals surface area contributed by atoms with Crippen LogP contribution in [0.5, 0.6) is 0 Å². The molecule has 0 unspecified atom stereocenters. The maximum atomic E-state index is 11.6. The van der Waals surface area contributed by atoms with Crippen molar-refractivity contribution in [2.75, 3.05) is 0 Å². The molecule has 0 fully saturated rings. The maximum absolute atomic E-state index is 11.6. The Bertz CT molecular complexity index is 411. The van der Waals surface area contributed by atoms with Crippen molar-refractivity contribution in [3.05, 3.63) is 46.0 Å². The Morgan fingerprint density at radius 1 is 1.29 bits per heavy atom. The van der Waals surface area contributed by atoms with Crippen molar-refractivity contribution in [1.82, 2.24) is 5.17 Å². The van der Waals surface area contributed by atoms with Crippen LogP contribution < -0.4 is 0 Å². The zero-order chi connectivity index (χ0) is 13.1. The van der Waals surface area contributed by atoms with Crippen molar-refractivity contribution >= 4 is 5.97 Å². The zero-order valence-electron chi connectivity index (χ0n) is 9.91. The Morgan fingerprint density at radius 2 is 1.82 bits per heavy atom. The molecule has 0 bridgehead atoms. The molecule has 92 valence electrons. The van der Waals surface area contributed by atoms with E-state index in [2.05, 4.69) is 0 Å². The number of rotatable bonds is 3. The molecule has 0 radical (unpaired) electrons. The van der Waals surface area contributed by atoms with Crippen molar-refractivity contribution in [1.29, 1.82) is 0 Å². The van der Waals surface area contributed by atoms with Gasteiger partial charge in [0.25, 0.3) is 0 Å².